The molecule has 2 rings (SSSR count). The summed E-state index contributed by atoms with van der Waals surface area (Å²) < 4.78 is 1.30. The fourth-order valence-corrected chi connectivity index (χ4v) is 3.17. The minimum absolute atomic E-state index is 0. The van der Waals surface area contributed by atoms with E-state index in [0.717, 1.165) is 12.8 Å². The number of amides is 1. The van der Waals surface area contributed by atoms with Gasteiger partial charge in [-0.1, -0.05) is 38.5 Å². The van der Waals surface area contributed by atoms with Crippen LogP contribution in [0.25, 0.3) is 10.1 Å². The van der Waals surface area contributed by atoms with Gasteiger partial charge in [-0.3, -0.25) is 4.79 Å². The van der Waals surface area contributed by atoms with Gasteiger partial charge >= 0.3 is 0 Å². The number of rotatable bonds is 6. The summed E-state index contributed by atoms with van der Waals surface area (Å²) in [6.45, 7) is 4.70. The second-order valence-electron chi connectivity index (χ2n) is 5.21. The molecule has 0 aliphatic carbocycles. The first-order valence-electron chi connectivity index (χ1n) is 7.12. The van der Waals surface area contributed by atoms with Crippen LogP contribution in [0.15, 0.2) is 29.6 Å². The molecule has 1 amide bonds. The smallest absolute Gasteiger partial charge is 0.237 e. The van der Waals surface area contributed by atoms with E-state index < -0.39 is 6.04 Å². The van der Waals surface area contributed by atoms with Crippen LogP contribution in [0.2, 0.25) is 0 Å². The number of hydrogen-bond acceptors (Lipinski definition) is 3. The van der Waals surface area contributed by atoms with Crippen LogP contribution in [0.1, 0.15) is 25.8 Å². The van der Waals surface area contributed by atoms with E-state index in [2.05, 4.69) is 41.9 Å². The highest BCUT2D eigenvalue weighted by molar-refractivity contribution is 7.17. The Morgan fingerprint density at radius 1 is 1.38 bits per heavy atom. The first-order chi connectivity index (χ1) is 9.63. The van der Waals surface area contributed by atoms with Crippen LogP contribution in [0, 0.1) is 5.92 Å². The zero-order valence-electron chi connectivity index (χ0n) is 12.5. The molecule has 2 unspecified atom stereocenters. The molecule has 0 radical (unpaired) electrons. The number of nitrogens with one attached hydrogen (secondary N) is 1. The summed E-state index contributed by atoms with van der Waals surface area (Å²) in [6, 6.07) is 7.96. The Labute approximate surface area is 136 Å². The second kappa shape index (κ2) is 8.37. The number of carbonyl (C=O) groups is 1. The standard InChI is InChI=1S/C16H22N2OS.ClH/c1-3-11(2)15(17)16(19)18-9-8-12-10-20-14-7-5-4-6-13(12)14;/h4-7,10-11,15H,3,8-9,17H2,1-2H3,(H,18,19);1H. The van der Waals surface area contributed by atoms with Gasteiger partial charge in [0.05, 0.1) is 6.04 Å². The summed E-state index contributed by atoms with van der Waals surface area (Å²) in [5.41, 5.74) is 7.21. The summed E-state index contributed by atoms with van der Waals surface area (Å²) in [7, 11) is 0. The summed E-state index contributed by atoms with van der Waals surface area (Å²) in [5.74, 6) is 0.177. The van der Waals surface area contributed by atoms with E-state index in [1.54, 1.807) is 11.3 Å². The molecule has 0 saturated heterocycles. The van der Waals surface area contributed by atoms with Gasteiger partial charge in [0.2, 0.25) is 5.91 Å². The molecule has 0 aliphatic rings. The van der Waals surface area contributed by atoms with Gasteiger partial charge < -0.3 is 11.1 Å². The molecule has 1 aromatic carbocycles. The number of nitrogens with two attached hydrogens (primary N) is 1. The Morgan fingerprint density at radius 2 is 2.10 bits per heavy atom. The Hall–Kier alpha value is -1.10. The van der Waals surface area contributed by atoms with Gasteiger partial charge in [-0.05, 0) is 34.7 Å². The van der Waals surface area contributed by atoms with Crippen LogP contribution >= 0.6 is 23.7 Å². The van der Waals surface area contributed by atoms with Crippen molar-refractivity contribution in [1.29, 1.82) is 0 Å². The van der Waals surface area contributed by atoms with Crippen molar-refractivity contribution in [3.63, 3.8) is 0 Å². The van der Waals surface area contributed by atoms with E-state index in [1.165, 1.54) is 15.6 Å². The average molecular weight is 327 g/mol. The number of thiophene rings is 1. The van der Waals surface area contributed by atoms with Crippen LogP contribution in [0.5, 0.6) is 0 Å². The fraction of sp³-hybridized carbons (Fsp3) is 0.438. The summed E-state index contributed by atoms with van der Waals surface area (Å²) in [5, 5.41) is 6.40. The minimum atomic E-state index is -0.404. The van der Waals surface area contributed by atoms with Gasteiger partial charge in [0.15, 0.2) is 0 Å². The largest absolute Gasteiger partial charge is 0.354 e. The number of fused-ring (bicyclic) bond motifs is 1. The van der Waals surface area contributed by atoms with E-state index in [0.29, 0.717) is 6.54 Å². The molecule has 0 aliphatic heterocycles. The molecule has 1 aromatic heterocycles. The molecule has 1 heterocycles. The lowest BCUT2D eigenvalue weighted by Gasteiger charge is -2.17. The van der Waals surface area contributed by atoms with Crippen LogP contribution in [0.4, 0.5) is 0 Å². The zero-order chi connectivity index (χ0) is 14.5. The molecule has 3 N–H and O–H groups in total. The Balaban J connectivity index is 0.00000220. The third kappa shape index (κ3) is 4.43. The van der Waals surface area contributed by atoms with Gasteiger partial charge in [-0.15, -0.1) is 23.7 Å². The van der Waals surface area contributed by atoms with Crippen molar-refractivity contribution in [2.75, 3.05) is 6.54 Å². The molecule has 2 aromatic rings. The number of halogens is 1. The maximum absolute atomic E-state index is 11.9. The Morgan fingerprint density at radius 3 is 2.81 bits per heavy atom. The van der Waals surface area contributed by atoms with E-state index in [9.17, 15) is 4.79 Å². The second-order valence-corrected chi connectivity index (χ2v) is 6.12. The van der Waals surface area contributed by atoms with Crippen LogP contribution in [0.3, 0.4) is 0 Å². The number of hydrogen-bond donors (Lipinski definition) is 2. The summed E-state index contributed by atoms with van der Waals surface area (Å²) >= 11 is 1.75. The van der Waals surface area contributed by atoms with Gasteiger partial charge in [0, 0.05) is 11.2 Å². The fourth-order valence-electron chi connectivity index (χ4n) is 2.18. The number of carbonyl (C=O) groups excluding carboxylic acids is 1. The summed E-state index contributed by atoms with van der Waals surface area (Å²) in [6.07, 6.45) is 1.77. The zero-order valence-corrected chi connectivity index (χ0v) is 14.1. The molecule has 0 fully saturated rings. The van der Waals surface area contributed by atoms with E-state index in [1.807, 2.05) is 6.92 Å². The SMILES string of the molecule is CCC(C)C(N)C(=O)NCCc1csc2ccccc12.Cl. The first-order valence-corrected chi connectivity index (χ1v) is 7.99. The first kappa shape index (κ1) is 18.0. The Bertz CT molecular complexity index is 584. The quantitative estimate of drug-likeness (QED) is 0.855. The molecule has 5 heteroatoms. The lowest BCUT2D eigenvalue weighted by molar-refractivity contribution is -0.123. The van der Waals surface area contributed by atoms with Gasteiger partial charge in [-0.2, -0.15) is 0 Å². The molecular formula is C16H23ClN2OS. The van der Waals surface area contributed by atoms with Crippen molar-refractivity contribution < 1.29 is 4.79 Å². The minimum Gasteiger partial charge on any atom is -0.354 e. The van der Waals surface area contributed by atoms with E-state index >= 15 is 0 Å². The lowest BCUT2D eigenvalue weighted by atomic mass is 9.99. The molecule has 116 valence electrons. The van der Waals surface area contributed by atoms with Crippen molar-refractivity contribution in [2.45, 2.75) is 32.7 Å². The molecule has 0 saturated carbocycles. The topological polar surface area (TPSA) is 55.1 Å². The molecule has 0 spiro atoms. The highest BCUT2D eigenvalue weighted by atomic mass is 35.5. The number of benzene rings is 1. The molecule has 21 heavy (non-hydrogen) atoms. The van der Waals surface area contributed by atoms with Crippen molar-refractivity contribution in [1.82, 2.24) is 5.32 Å². The predicted octanol–water partition coefficient (Wildman–Crippen LogP) is 3.36. The highest BCUT2D eigenvalue weighted by Gasteiger charge is 2.18. The normalized spacial score (nSPS) is 13.5. The third-order valence-corrected chi connectivity index (χ3v) is 4.83. The third-order valence-electron chi connectivity index (χ3n) is 3.81. The molecule has 3 nitrogen and oxygen atoms in total. The van der Waals surface area contributed by atoms with E-state index in [4.69, 9.17) is 5.73 Å². The average Bonchev–Trinajstić information content (AvgIpc) is 2.89. The van der Waals surface area contributed by atoms with Crippen LogP contribution < -0.4 is 11.1 Å². The predicted molar refractivity (Wildman–Crippen MR) is 93.2 cm³/mol. The van der Waals surface area contributed by atoms with E-state index in [-0.39, 0.29) is 24.2 Å². The van der Waals surface area contributed by atoms with Crippen molar-refractivity contribution in [2.24, 2.45) is 11.7 Å². The van der Waals surface area contributed by atoms with Gasteiger partial charge in [0.25, 0.3) is 0 Å². The maximum atomic E-state index is 11.9. The van der Waals surface area contributed by atoms with Crippen LogP contribution in [-0.4, -0.2) is 18.5 Å². The monoisotopic (exact) mass is 326 g/mol. The van der Waals surface area contributed by atoms with Crippen molar-refractivity contribution in [3.8, 4) is 0 Å². The Kier molecular flexibility index (Phi) is 7.15. The van der Waals surface area contributed by atoms with Crippen molar-refractivity contribution in [3.05, 3.63) is 35.2 Å². The molecular weight excluding hydrogens is 304 g/mol. The molecule has 2 atom stereocenters. The maximum Gasteiger partial charge on any atom is 0.237 e. The summed E-state index contributed by atoms with van der Waals surface area (Å²) in [4.78, 5) is 11.9. The van der Waals surface area contributed by atoms with Gasteiger partial charge in [-0.25, -0.2) is 0 Å². The highest BCUT2D eigenvalue weighted by Crippen LogP contribution is 2.25. The molecule has 0 bridgehead atoms. The van der Waals surface area contributed by atoms with Crippen molar-refractivity contribution >= 4 is 39.7 Å². The lowest BCUT2D eigenvalue weighted by Crippen LogP contribution is -2.45. The van der Waals surface area contributed by atoms with Crippen LogP contribution in [-0.2, 0) is 11.2 Å². The van der Waals surface area contributed by atoms with Gasteiger partial charge in [0.1, 0.15) is 0 Å².